The Morgan fingerprint density at radius 2 is 2.07 bits per heavy atom. The highest BCUT2D eigenvalue weighted by molar-refractivity contribution is 6.20. The monoisotopic (exact) mass is 218 g/mol. The van der Waals surface area contributed by atoms with Gasteiger partial charge >= 0.3 is 0 Å². The zero-order valence-electron chi connectivity index (χ0n) is 8.06. The molecule has 0 bridgehead atoms. The van der Waals surface area contributed by atoms with E-state index in [0.29, 0.717) is 12.0 Å². The van der Waals surface area contributed by atoms with Crippen LogP contribution >= 0.6 is 11.6 Å². The largest absolute Gasteiger partial charge is 0.207 e. The lowest BCUT2D eigenvalue weighted by atomic mass is 10.1. The molecule has 14 heavy (non-hydrogen) atoms. The summed E-state index contributed by atoms with van der Waals surface area (Å²) in [5.74, 6) is -0.996. The standard InChI is InChI=1S/C11H13ClF2/c1-8(12)3-2-4-9-5-6-10(13)7-11(9)14/h5-8H,2-4H2,1H3. The zero-order valence-corrected chi connectivity index (χ0v) is 8.82. The van der Waals surface area contributed by atoms with E-state index in [4.69, 9.17) is 11.6 Å². The first kappa shape index (κ1) is 11.4. The molecule has 1 rings (SSSR count). The van der Waals surface area contributed by atoms with Crippen molar-refractivity contribution in [3.8, 4) is 0 Å². The summed E-state index contributed by atoms with van der Waals surface area (Å²) in [5.41, 5.74) is 0.559. The van der Waals surface area contributed by atoms with Crippen molar-refractivity contribution in [2.45, 2.75) is 31.6 Å². The second-order valence-corrected chi connectivity index (χ2v) is 4.15. The Morgan fingerprint density at radius 3 is 2.64 bits per heavy atom. The van der Waals surface area contributed by atoms with Crippen molar-refractivity contribution >= 4 is 11.6 Å². The molecule has 0 radical (unpaired) electrons. The molecule has 0 heterocycles. The minimum Gasteiger partial charge on any atom is -0.207 e. The molecule has 0 aromatic heterocycles. The predicted molar refractivity (Wildman–Crippen MR) is 54.6 cm³/mol. The summed E-state index contributed by atoms with van der Waals surface area (Å²) in [4.78, 5) is 0. The molecule has 0 aliphatic heterocycles. The second-order valence-electron chi connectivity index (χ2n) is 3.41. The van der Waals surface area contributed by atoms with E-state index in [1.165, 1.54) is 12.1 Å². The van der Waals surface area contributed by atoms with Gasteiger partial charge in [0.1, 0.15) is 11.6 Å². The fraction of sp³-hybridized carbons (Fsp3) is 0.455. The van der Waals surface area contributed by atoms with Crippen molar-refractivity contribution in [2.75, 3.05) is 0 Å². The minimum atomic E-state index is -0.531. The normalized spacial score (nSPS) is 12.9. The number of benzene rings is 1. The highest BCUT2D eigenvalue weighted by Gasteiger charge is 2.04. The van der Waals surface area contributed by atoms with Gasteiger partial charge in [-0.1, -0.05) is 6.07 Å². The molecule has 78 valence electrons. The Kier molecular flexibility index (Phi) is 4.33. The first-order valence-electron chi connectivity index (χ1n) is 4.67. The van der Waals surface area contributed by atoms with Gasteiger partial charge in [-0.15, -0.1) is 11.6 Å². The van der Waals surface area contributed by atoms with E-state index in [1.807, 2.05) is 6.92 Å². The van der Waals surface area contributed by atoms with Gasteiger partial charge in [0.25, 0.3) is 0 Å². The number of hydrogen-bond donors (Lipinski definition) is 0. The molecule has 0 fully saturated rings. The highest BCUT2D eigenvalue weighted by atomic mass is 35.5. The summed E-state index contributed by atoms with van der Waals surface area (Å²) in [6.45, 7) is 1.91. The molecular weight excluding hydrogens is 206 g/mol. The van der Waals surface area contributed by atoms with Gasteiger partial charge in [-0.05, 0) is 37.8 Å². The number of hydrogen-bond acceptors (Lipinski definition) is 0. The Bertz CT molecular complexity index is 297. The summed E-state index contributed by atoms with van der Waals surface area (Å²) >= 11 is 5.76. The van der Waals surface area contributed by atoms with E-state index < -0.39 is 11.6 Å². The molecular formula is C11H13ClF2. The molecule has 0 spiro atoms. The van der Waals surface area contributed by atoms with Crippen LogP contribution in [0.15, 0.2) is 18.2 Å². The fourth-order valence-corrected chi connectivity index (χ4v) is 1.45. The van der Waals surface area contributed by atoms with Crippen molar-refractivity contribution in [1.29, 1.82) is 0 Å². The average Bonchev–Trinajstić information content (AvgIpc) is 2.08. The van der Waals surface area contributed by atoms with Crippen molar-refractivity contribution in [1.82, 2.24) is 0 Å². The van der Waals surface area contributed by atoms with Gasteiger partial charge in [-0.3, -0.25) is 0 Å². The van der Waals surface area contributed by atoms with Crippen molar-refractivity contribution in [3.05, 3.63) is 35.4 Å². The average molecular weight is 219 g/mol. The van der Waals surface area contributed by atoms with E-state index in [1.54, 1.807) is 0 Å². The molecule has 0 aliphatic rings. The van der Waals surface area contributed by atoms with Gasteiger partial charge in [0.2, 0.25) is 0 Å². The van der Waals surface area contributed by atoms with E-state index in [9.17, 15) is 8.78 Å². The Hall–Kier alpha value is -0.630. The van der Waals surface area contributed by atoms with Crippen LogP contribution < -0.4 is 0 Å². The summed E-state index contributed by atoms with van der Waals surface area (Å²) in [7, 11) is 0. The Morgan fingerprint density at radius 1 is 1.36 bits per heavy atom. The highest BCUT2D eigenvalue weighted by Crippen LogP contribution is 2.14. The van der Waals surface area contributed by atoms with Crippen LogP contribution in [-0.4, -0.2) is 5.38 Å². The van der Waals surface area contributed by atoms with E-state index in [-0.39, 0.29) is 5.38 Å². The first-order chi connectivity index (χ1) is 6.59. The molecule has 0 saturated heterocycles. The van der Waals surface area contributed by atoms with Gasteiger partial charge in [0.05, 0.1) is 0 Å². The van der Waals surface area contributed by atoms with Crippen LogP contribution in [-0.2, 0) is 6.42 Å². The maximum absolute atomic E-state index is 13.1. The summed E-state index contributed by atoms with van der Waals surface area (Å²) in [6.07, 6.45) is 2.29. The molecule has 0 N–H and O–H groups in total. The van der Waals surface area contributed by atoms with Crippen molar-refractivity contribution in [2.24, 2.45) is 0 Å². The van der Waals surface area contributed by atoms with Gasteiger partial charge in [-0.2, -0.15) is 0 Å². The summed E-state index contributed by atoms with van der Waals surface area (Å²) in [5, 5.41) is 0.110. The maximum Gasteiger partial charge on any atom is 0.129 e. The second kappa shape index (κ2) is 5.30. The fourth-order valence-electron chi connectivity index (χ4n) is 1.30. The van der Waals surface area contributed by atoms with Crippen LogP contribution in [0.3, 0.4) is 0 Å². The third-order valence-corrected chi connectivity index (χ3v) is 2.28. The molecule has 0 saturated carbocycles. The molecule has 0 aliphatic carbocycles. The van der Waals surface area contributed by atoms with Gasteiger partial charge in [-0.25, -0.2) is 8.78 Å². The number of alkyl halides is 1. The molecule has 1 aromatic carbocycles. The Labute approximate surface area is 87.9 Å². The topological polar surface area (TPSA) is 0 Å². The summed E-state index contributed by atoms with van der Waals surface area (Å²) in [6, 6.07) is 3.69. The zero-order chi connectivity index (χ0) is 10.6. The minimum absolute atomic E-state index is 0.110. The third kappa shape index (κ3) is 3.62. The van der Waals surface area contributed by atoms with Crippen LogP contribution in [0, 0.1) is 11.6 Å². The van der Waals surface area contributed by atoms with Gasteiger partial charge in [0, 0.05) is 11.4 Å². The number of halogens is 3. The predicted octanol–water partition coefficient (Wildman–Crippen LogP) is 3.91. The van der Waals surface area contributed by atoms with Gasteiger partial charge in [0.15, 0.2) is 0 Å². The van der Waals surface area contributed by atoms with Crippen molar-refractivity contribution in [3.63, 3.8) is 0 Å². The molecule has 3 heteroatoms. The molecule has 1 aromatic rings. The summed E-state index contributed by atoms with van der Waals surface area (Å²) < 4.78 is 25.6. The lowest BCUT2D eigenvalue weighted by molar-refractivity contribution is 0.567. The third-order valence-electron chi connectivity index (χ3n) is 2.06. The van der Waals surface area contributed by atoms with E-state index in [0.717, 1.165) is 18.9 Å². The lowest BCUT2D eigenvalue weighted by Gasteiger charge is -2.04. The lowest BCUT2D eigenvalue weighted by Crippen LogP contribution is -1.96. The molecule has 0 nitrogen and oxygen atoms in total. The van der Waals surface area contributed by atoms with Crippen LogP contribution in [0.25, 0.3) is 0 Å². The quantitative estimate of drug-likeness (QED) is 0.672. The molecule has 1 unspecified atom stereocenters. The maximum atomic E-state index is 13.1. The molecule has 1 atom stereocenters. The van der Waals surface area contributed by atoms with Crippen LogP contribution in [0.1, 0.15) is 25.3 Å². The number of aryl methyl sites for hydroxylation is 1. The van der Waals surface area contributed by atoms with Crippen LogP contribution in [0.2, 0.25) is 0 Å². The van der Waals surface area contributed by atoms with Crippen LogP contribution in [0.4, 0.5) is 8.78 Å². The molecule has 0 amide bonds. The van der Waals surface area contributed by atoms with Crippen molar-refractivity contribution < 1.29 is 8.78 Å². The first-order valence-corrected chi connectivity index (χ1v) is 5.11. The number of rotatable bonds is 4. The SMILES string of the molecule is CC(Cl)CCCc1ccc(F)cc1F. The Balaban J connectivity index is 2.51. The smallest absolute Gasteiger partial charge is 0.129 e. The van der Waals surface area contributed by atoms with Gasteiger partial charge < -0.3 is 0 Å². The van der Waals surface area contributed by atoms with Crippen LogP contribution in [0.5, 0.6) is 0 Å². The van der Waals surface area contributed by atoms with E-state index >= 15 is 0 Å². The van der Waals surface area contributed by atoms with E-state index in [2.05, 4.69) is 0 Å².